The third kappa shape index (κ3) is 3.60. The number of phenolic OH excluding ortho intramolecular Hbond substituents is 1. The molecule has 5 heteroatoms. The zero-order chi connectivity index (χ0) is 18.8. The Bertz CT molecular complexity index is 898. The number of allylic oxidation sites excluding steroid dienone is 1. The number of quaternary nitrogens is 1. The van der Waals surface area contributed by atoms with Crippen LogP contribution in [0, 0.1) is 5.82 Å². The van der Waals surface area contributed by atoms with Crippen LogP contribution in [-0.2, 0) is 6.54 Å². The molecule has 0 atom stereocenters. The lowest BCUT2D eigenvalue weighted by molar-refractivity contribution is -0.913. The van der Waals surface area contributed by atoms with Crippen molar-refractivity contribution in [3.05, 3.63) is 64.7 Å². The van der Waals surface area contributed by atoms with E-state index in [1.54, 1.807) is 30.3 Å². The van der Waals surface area contributed by atoms with E-state index in [0.29, 0.717) is 29.0 Å². The third-order valence-corrected chi connectivity index (χ3v) is 5.35. The zero-order valence-corrected chi connectivity index (χ0v) is 15.1. The number of rotatable bonds is 3. The molecule has 0 aliphatic carbocycles. The predicted molar refractivity (Wildman–Crippen MR) is 100 cm³/mol. The second kappa shape index (κ2) is 7.53. The highest BCUT2D eigenvalue weighted by Gasteiger charge is 2.32. The van der Waals surface area contributed by atoms with Crippen molar-refractivity contribution in [2.24, 2.45) is 0 Å². The molecule has 27 heavy (non-hydrogen) atoms. The standard InChI is InChI=1S/C22H22FNO3/c23-18-8-4-3-7-15(18)13-20-21(26)16-9-10-19(25)17(22(16)27-20)14-24-11-5-1-2-6-12-24/h3-4,7-10,13,25H,1-2,5-6,11-12,14H2/p+1/b20-13-. The summed E-state index contributed by atoms with van der Waals surface area (Å²) in [4.78, 5) is 14.1. The van der Waals surface area contributed by atoms with Crippen LogP contribution in [0.25, 0.3) is 6.08 Å². The van der Waals surface area contributed by atoms with E-state index >= 15 is 0 Å². The van der Waals surface area contributed by atoms with Gasteiger partial charge in [-0.3, -0.25) is 4.79 Å². The van der Waals surface area contributed by atoms with Gasteiger partial charge in [-0.15, -0.1) is 0 Å². The minimum absolute atomic E-state index is 0.0906. The molecule has 0 radical (unpaired) electrons. The number of halogens is 1. The number of likely N-dealkylation sites (tertiary alicyclic amines) is 1. The summed E-state index contributed by atoms with van der Waals surface area (Å²) in [6.45, 7) is 2.72. The lowest BCUT2D eigenvalue weighted by atomic mass is 10.0. The highest BCUT2D eigenvalue weighted by Crippen LogP contribution is 2.39. The summed E-state index contributed by atoms with van der Waals surface area (Å²) in [5, 5.41) is 10.4. The van der Waals surface area contributed by atoms with Crippen molar-refractivity contribution in [3.63, 3.8) is 0 Å². The van der Waals surface area contributed by atoms with Crippen LogP contribution in [0.5, 0.6) is 11.5 Å². The van der Waals surface area contributed by atoms with Crippen LogP contribution in [0.1, 0.15) is 47.2 Å². The van der Waals surface area contributed by atoms with Crippen LogP contribution >= 0.6 is 0 Å². The number of hydrogen-bond donors (Lipinski definition) is 2. The molecule has 0 amide bonds. The Hall–Kier alpha value is -2.66. The first-order valence-corrected chi connectivity index (χ1v) is 9.50. The molecule has 0 aromatic heterocycles. The van der Waals surface area contributed by atoms with Crippen molar-refractivity contribution >= 4 is 11.9 Å². The number of Topliss-reactive ketones (excluding diaryl/α,β-unsaturated/α-hetero) is 1. The van der Waals surface area contributed by atoms with Crippen LogP contribution in [0.15, 0.2) is 42.2 Å². The van der Waals surface area contributed by atoms with Gasteiger partial charge in [-0.2, -0.15) is 0 Å². The van der Waals surface area contributed by atoms with Crippen LogP contribution in [0.3, 0.4) is 0 Å². The maximum atomic E-state index is 13.9. The zero-order valence-electron chi connectivity index (χ0n) is 15.1. The van der Waals surface area contributed by atoms with Gasteiger partial charge >= 0.3 is 0 Å². The van der Waals surface area contributed by atoms with Crippen LogP contribution in [0.4, 0.5) is 4.39 Å². The lowest BCUT2D eigenvalue weighted by Crippen LogP contribution is -3.10. The summed E-state index contributed by atoms with van der Waals surface area (Å²) in [6.07, 6.45) is 6.25. The minimum atomic E-state index is -0.408. The Kier molecular flexibility index (Phi) is 4.94. The van der Waals surface area contributed by atoms with Crippen molar-refractivity contribution in [2.75, 3.05) is 13.1 Å². The molecular weight excluding hydrogens is 345 g/mol. The molecule has 2 aromatic rings. The first-order chi connectivity index (χ1) is 13.1. The Morgan fingerprint density at radius 3 is 2.56 bits per heavy atom. The largest absolute Gasteiger partial charge is 0.507 e. The number of carbonyl (C=O) groups is 1. The van der Waals surface area contributed by atoms with Gasteiger partial charge in [0.15, 0.2) is 11.5 Å². The molecule has 0 bridgehead atoms. The summed E-state index contributed by atoms with van der Waals surface area (Å²) in [7, 11) is 0. The number of phenols is 1. The van der Waals surface area contributed by atoms with E-state index in [0.717, 1.165) is 13.1 Å². The fraction of sp³-hybridized carbons (Fsp3) is 0.318. The molecule has 1 fully saturated rings. The molecule has 4 nitrogen and oxygen atoms in total. The number of aromatic hydroxyl groups is 1. The van der Waals surface area contributed by atoms with E-state index in [4.69, 9.17) is 4.74 Å². The molecule has 2 heterocycles. The van der Waals surface area contributed by atoms with Gasteiger partial charge in [-0.05, 0) is 50.0 Å². The van der Waals surface area contributed by atoms with Crippen molar-refractivity contribution in [3.8, 4) is 11.5 Å². The number of nitrogens with one attached hydrogen (secondary N) is 1. The number of ether oxygens (including phenoxy) is 1. The summed E-state index contributed by atoms with van der Waals surface area (Å²) >= 11 is 0. The highest BCUT2D eigenvalue weighted by atomic mass is 19.1. The van der Waals surface area contributed by atoms with E-state index in [9.17, 15) is 14.3 Å². The van der Waals surface area contributed by atoms with E-state index in [2.05, 4.69) is 0 Å². The summed E-state index contributed by atoms with van der Waals surface area (Å²) in [5.41, 5.74) is 1.40. The van der Waals surface area contributed by atoms with E-state index in [1.807, 2.05) is 0 Å². The predicted octanol–water partition coefficient (Wildman–Crippen LogP) is 3.11. The molecule has 0 unspecified atom stereocenters. The van der Waals surface area contributed by atoms with Gasteiger partial charge in [0.25, 0.3) is 0 Å². The molecule has 4 rings (SSSR count). The van der Waals surface area contributed by atoms with Gasteiger partial charge in [0.2, 0.25) is 5.78 Å². The second-order valence-electron chi connectivity index (χ2n) is 7.24. The van der Waals surface area contributed by atoms with Crippen LogP contribution < -0.4 is 9.64 Å². The normalized spacial score (nSPS) is 19.0. The minimum Gasteiger partial charge on any atom is -0.507 e. The molecule has 2 aromatic carbocycles. The van der Waals surface area contributed by atoms with E-state index in [-0.39, 0.29) is 17.3 Å². The van der Waals surface area contributed by atoms with Gasteiger partial charge < -0.3 is 14.7 Å². The number of hydrogen-bond acceptors (Lipinski definition) is 3. The van der Waals surface area contributed by atoms with Crippen molar-refractivity contribution in [1.29, 1.82) is 0 Å². The van der Waals surface area contributed by atoms with Crippen molar-refractivity contribution < 1.29 is 23.9 Å². The first-order valence-electron chi connectivity index (χ1n) is 9.50. The Balaban J connectivity index is 1.65. The summed E-state index contributed by atoms with van der Waals surface area (Å²) in [6, 6.07) is 9.39. The SMILES string of the molecule is O=C1/C(=C/c2ccccc2F)Oc2c1ccc(O)c2C[NH+]1CCCCCC1. The van der Waals surface area contributed by atoms with Gasteiger partial charge in [-0.1, -0.05) is 18.2 Å². The van der Waals surface area contributed by atoms with Gasteiger partial charge in [-0.25, -0.2) is 4.39 Å². The summed E-state index contributed by atoms with van der Waals surface area (Å²) in [5.74, 6) is -0.0348. The smallest absolute Gasteiger partial charge is 0.231 e. The monoisotopic (exact) mass is 368 g/mol. The fourth-order valence-electron chi connectivity index (χ4n) is 3.86. The van der Waals surface area contributed by atoms with E-state index in [1.165, 1.54) is 42.7 Å². The molecule has 1 saturated heterocycles. The summed E-state index contributed by atoms with van der Waals surface area (Å²) < 4.78 is 19.8. The van der Waals surface area contributed by atoms with Crippen LogP contribution in [-0.4, -0.2) is 24.0 Å². The van der Waals surface area contributed by atoms with Crippen LogP contribution in [0.2, 0.25) is 0 Å². The second-order valence-corrected chi connectivity index (χ2v) is 7.24. The number of carbonyl (C=O) groups excluding carboxylic acids is 1. The highest BCUT2D eigenvalue weighted by molar-refractivity contribution is 6.15. The van der Waals surface area contributed by atoms with Gasteiger partial charge in [0.05, 0.1) is 24.2 Å². The Morgan fingerprint density at radius 1 is 1.07 bits per heavy atom. The van der Waals surface area contributed by atoms with Gasteiger partial charge in [0, 0.05) is 5.56 Å². The molecule has 2 aliphatic heterocycles. The van der Waals surface area contributed by atoms with Crippen molar-refractivity contribution in [2.45, 2.75) is 32.2 Å². The molecule has 2 N–H and O–H groups in total. The van der Waals surface area contributed by atoms with E-state index < -0.39 is 5.82 Å². The average Bonchev–Trinajstić information content (AvgIpc) is 2.84. The lowest BCUT2D eigenvalue weighted by Gasteiger charge is -2.19. The average molecular weight is 368 g/mol. The number of fused-ring (bicyclic) bond motifs is 1. The van der Waals surface area contributed by atoms with Gasteiger partial charge in [0.1, 0.15) is 18.1 Å². The number of benzene rings is 2. The topological polar surface area (TPSA) is 51.0 Å². The molecule has 0 spiro atoms. The number of ketones is 1. The maximum absolute atomic E-state index is 13.9. The molecule has 2 aliphatic rings. The molecular formula is C22H23FNO3+. The maximum Gasteiger partial charge on any atom is 0.231 e. The van der Waals surface area contributed by atoms with Crippen molar-refractivity contribution in [1.82, 2.24) is 0 Å². The molecule has 0 saturated carbocycles. The fourth-order valence-corrected chi connectivity index (χ4v) is 3.86. The quantitative estimate of drug-likeness (QED) is 0.819. The molecule has 140 valence electrons. The Morgan fingerprint density at radius 2 is 1.81 bits per heavy atom. The Labute approximate surface area is 157 Å². The third-order valence-electron chi connectivity index (χ3n) is 5.35. The first kappa shape index (κ1) is 17.7.